The van der Waals surface area contributed by atoms with Gasteiger partial charge in [0.15, 0.2) is 5.60 Å². The van der Waals surface area contributed by atoms with E-state index in [0.29, 0.717) is 37.4 Å². The maximum Gasteiger partial charge on any atom is 0.414 e. The van der Waals surface area contributed by atoms with Crippen molar-refractivity contribution < 1.29 is 24.5 Å². The van der Waals surface area contributed by atoms with E-state index in [1.165, 1.54) is 4.90 Å². The van der Waals surface area contributed by atoms with Crippen molar-refractivity contribution >= 4 is 23.6 Å². The number of nitrogens with one attached hydrogen (secondary N) is 1. The number of likely N-dealkylation sites (tertiary alicyclic amines) is 1. The number of nitrogens with two attached hydrogens (primary N) is 1. The van der Waals surface area contributed by atoms with Gasteiger partial charge in [-0.1, -0.05) is 0 Å². The predicted octanol–water partition coefficient (Wildman–Crippen LogP) is 0.207. The predicted molar refractivity (Wildman–Crippen MR) is 93.3 cm³/mol. The fourth-order valence-corrected chi connectivity index (χ4v) is 3.26. The maximum atomic E-state index is 12.1. The zero-order chi connectivity index (χ0) is 18.9. The topological polar surface area (TPSA) is 140 Å². The summed E-state index contributed by atoms with van der Waals surface area (Å²) in [6, 6.07) is 6.79. The maximum absolute atomic E-state index is 12.1. The van der Waals surface area contributed by atoms with Crippen molar-refractivity contribution in [2.75, 3.05) is 31.1 Å². The minimum atomic E-state index is -1.66. The molecule has 2 heterocycles. The van der Waals surface area contributed by atoms with Crippen LogP contribution in [0.5, 0.6) is 0 Å². The zero-order valence-corrected chi connectivity index (χ0v) is 14.2. The van der Waals surface area contributed by atoms with E-state index in [-0.39, 0.29) is 24.8 Å². The number of aliphatic carboxylic acids is 1. The van der Waals surface area contributed by atoms with Crippen LogP contribution in [0, 0.1) is 5.41 Å². The van der Waals surface area contributed by atoms with Crippen molar-refractivity contribution in [2.45, 2.75) is 24.5 Å². The highest BCUT2D eigenvalue weighted by Gasteiger charge is 2.41. The number of carbonyl (C=O) groups is 2. The van der Waals surface area contributed by atoms with Gasteiger partial charge in [-0.3, -0.25) is 15.2 Å². The van der Waals surface area contributed by atoms with Crippen molar-refractivity contribution in [3.05, 3.63) is 29.8 Å². The molecule has 9 nitrogen and oxygen atoms in total. The molecule has 1 unspecified atom stereocenters. The first-order valence-electron chi connectivity index (χ1n) is 8.39. The quantitative estimate of drug-likeness (QED) is 0.433. The fraction of sp³-hybridized carbons (Fsp3) is 0.471. The number of carboxylic acids is 1. The normalized spacial score (nSPS) is 22.9. The highest BCUT2D eigenvalue weighted by Crippen LogP contribution is 2.25. The second kappa shape index (κ2) is 6.93. The van der Waals surface area contributed by atoms with Crippen LogP contribution in [0.15, 0.2) is 24.3 Å². The van der Waals surface area contributed by atoms with Gasteiger partial charge in [0.25, 0.3) is 0 Å². The molecule has 0 aliphatic carbocycles. The number of hydrogen-bond acceptors (Lipinski definition) is 6. The molecule has 26 heavy (non-hydrogen) atoms. The first-order chi connectivity index (χ1) is 12.3. The summed E-state index contributed by atoms with van der Waals surface area (Å²) in [6.45, 7) is 1.75. The monoisotopic (exact) mass is 362 g/mol. The van der Waals surface area contributed by atoms with Gasteiger partial charge in [-0.2, -0.15) is 0 Å². The summed E-state index contributed by atoms with van der Waals surface area (Å²) >= 11 is 0. The van der Waals surface area contributed by atoms with E-state index in [4.69, 9.17) is 21.0 Å². The molecule has 0 bridgehead atoms. The average molecular weight is 362 g/mol. The van der Waals surface area contributed by atoms with Crippen LogP contribution < -0.4 is 10.6 Å². The number of piperidine rings is 1. The van der Waals surface area contributed by atoms with Crippen LogP contribution in [0.1, 0.15) is 18.4 Å². The molecule has 2 saturated heterocycles. The van der Waals surface area contributed by atoms with Crippen LogP contribution in [0.4, 0.5) is 10.5 Å². The first-order valence-corrected chi connectivity index (χ1v) is 8.39. The van der Waals surface area contributed by atoms with E-state index in [1.54, 1.807) is 24.3 Å². The number of carbonyl (C=O) groups excluding carboxylic acids is 1. The average Bonchev–Trinajstić information content (AvgIpc) is 2.97. The third-order valence-corrected chi connectivity index (χ3v) is 4.91. The molecule has 3 rings (SSSR count). The van der Waals surface area contributed by atoms with E-state index < -0.39 is 17.7 Å². The van der Waals surface area contributed by atoms with Gasteiger partial charge in [-0.05, 0) is 37.1 Å². The summed E-state index contributed by atoms with van der Waals surface area (Å²) in [5, 5.41) is 26.4. The van der Waals surface area contributed by atoms with Crippen LogP contribution in [0.25, 0.3) is 0 Å². The number of cyclic esters (lactones) is 1. The van der Waals surface area contributed by atoms with Crippen molar-refractivity contribution in [1.29, 1.82) is 5.41 Å². The van der Waals surface area contributed by atoms with Gasteiger partial charge < -0.3 is 20.7 Å². The van der Waals surface area contributed by atoms with E-state index >= 15 is 0 Å². The number of ether oxygens (including phenoxy) is 1. The smallest absolute Gasteiger partial charge is 0.414 e. The van der Waals surface area contributed by atoms with Crippen LogP contribution in [0.3, 0.4) is 0 Å². The molecular weight excluding hydrogens is 340 g/mol. The number of aliphatic hydroxyl groups is 1. The Morgan fingerprint density at radius 2 is 1.92 bits per heavy atom. The Kier molecular flexibility index (Phi) is 4.84. The Bertz CT molecular complexity index is 712. The third kappa shape index (κ3) is 3.63. The number of carboxylic acid groups (broad SMARTS) is 1. The number of amides is 1. The van der Waals surface area contributed by atoms with E-state index in [9.17, 15) is 14.7 Å². The molecule has 140 valence electrons. The summed E-state index contributed by atoms with van der Waals surface area (Å²) in [6.07, 6.45) is -0.464. The lowest BCUT2D eigenvalue weighted by molar-refractivity contribution is -0.163. The molecule has 9 heteroatoms. The SMILES string of the molecule is N=C(N)c1ccc(N2CC(CN3CCC(O)(C(=O)O)CC3)OC2=O)cc1. The number of benzene rings is 1. The van der Waals surface area contributed by atoms with Gasteiger partial charge in [0.2, 0.25) is 0 Å². The number of hydrogen-bond donors (Lipinski definition) is 4. The van der Waals surface area contributed by atoms with Gasteiger partial charge in [-0.25, -0.2) is 9.59 Å². The molecule has 2 fully saturated rings. The van der Waals surface area contributed by atoms with Gasteiger partial charge in [0.1, 0.15) is 11.9 Å². The Balaban J connectivity index is 1.57. The van der Waals surface area contributed by atoms with Crippen LogP contribution in [0.2, 0.25) is 0 Å². The van der Waals surface area contributed by atoms with E-state index in [2.05, 4.69) is 0 Å². The van der Waals surface area contributed by atoms with Gasteiger partial charge >= 0.3 is 12.1 Å². The Morgan fingerprint density at radius 1 is 1.31 bits per heavy atom. The third-order valence-electron chi connectivity index (χ3n) is 4.91. The molecule has 2 aliphatic heterocycles. The van der Waals surface area contributed by atoms with E-state index in [1.807, 2.05) is 4.90 Å². The second-order valence-corrected chi connectivity index (χ2v) is 6.71. The van der Waals surface area contributed by atoms with Crippen molar-refractivity contribution in [3.63, 3.8) is 0 Å². The summed E-state index contributed by atoms with van der Waals surface area (Å²) in [5.41, 5.74) is 5.02. The lowest BCUT2D eigenvalue weighted by Crippen LogP contribution is -2.51. The zero-order valence-electron chi connectivity index (χ0n) is 14.2. The van der Waals surface area contributed by atoms with Crippen LogP contribution in [-0.4, -0.2) is 70.9 Å². The Hall–Kier alpha value is -2.65. The van der Waals surface area contributed by atoms with Crippen LogP contribution in [-0.2, 0) is 9.53 Å². The lowest BCUT2D eigenvalue weighted by atomic mass is 9.91. The standard InChI is InChI=1S/C17H22N4O5/c18-14(19)11-1-3-12(4-2-11)21-10-13(26-16(21)24)9-20-7-5-17(25,6-8-20)15(22)23/h1-4,13,25H,5-10H2,(H3,18,19)(H,22,23). The van der Waals surface area contributed by atoms with Gasteiger partial charge in [-0.15, -0.1) is 0 Å². The highest BCUT2D eigenvalue weighted by molar-refractivity contribution is 5.96. The lowest BCUT2D eigenvalue weighted by Gasteiger charge is -2.35. The minimum Gasteiger partial charge on any atom is -0.479 e. The van der Waals surface area contributed by atoms with Crippen molar-refractivity contribution in [1.82, 2.24) is 4.90 Å². The number of amidine groups is 1. The first kappa shape index (κ1) is 18.2. The Morgan fingerprint density at radius 3 is 2.46 bits per heavy atom. The summed E-state index contributed by atoms with van der Waals surface area (Å²) in [7, 11) is 0. The largest absolute Gasteiger partial charge is 0.479 e. The molecule has 5 N–H and O–H groups in total. The molecule has 0 radical (unpaired) electrons. The molecule has 2 aliphatic rings. The molecule has 1 atom stereocenters. The summed E-state index contributed by atoms with van der Waals surface area (Å²) in [5.74, 6) is -1.23. The van der Waals surface area contributed by atoms with Gasteiger partial charge in [0.05, 0.1) is 6.54 Å². The number of anilines is 1. The molecule has 0 saturated carbocycles. The van der Waals surface area contributed by atoms with Crippen molar-refractivity contribution in [3.8, 4) is 0 Å². The highest BCUT2D eigenvalue weighted by atomic mass is 16.6. The number of nitrogens with zero attached hydrogens (tertiary/aromatic N) is 2. The number of rotatable bonds is 5. The second-order valence-electron chi connectivity index (χ2n) is 6.71. The molecule has 1 amide bonds. The summed E-state index contributed by atoms with van der Waals surface area (Å²) < 4.78 is 5.41. The fourth-order valence-electron chi connectivity index (χ4n) is 3.26. The van der Waals surface area contributed by atoms with Gasteiger partial charge in [0, 0.05) is 30.9 Å². The van der Waals surface area contributed by atoms with Crippen molar-refractivity contribution in [2.24, 2.45) is 5.73 Å². The number of nitrogen functional groups attached to an aromatic ring is 1. The Labute approximate surface area is 150 Å². The molecule has 1 aromatic carbocycles. The molecule has 0 aromatic heterocycles. The molecule has 0 spiro atoms. The molecular formula is C17H22N4O5. The van der Waals surface area contributed by atoms with Crippen LogP contribution >= 0.6 is 0 Å². The molecule has 1 aromatic rings. The minimum absolute atomic E-state index is 0.0372. The van der Waals surface area contributed by atoms with E-state index in [0.717, 1.165) is 0 Å². The summed E-state index contributed by atoms with van der Waals surface area (Å²) in [4.78, 5) is 26.7.